The van der Waals surface area contributed by atoms with Crippen molar-refractivity contribution in [3.63, 3.8) is 0 Å². The number of hydrogen-bond donors (Lipinski definition) is 3. The average molecular weight is 481 g/mol. The third kappa shape index (κ3) is 4.27. The molecule has 0 atom stereocenters. The van der Waals surface area contributed by atoms with Crippen molar-refractivity contribution in [3.05, 3.63) is 82.4 Å². The van der Waals surface area contributed by atoms with E-state index in [1.807, 2.05) is 13.8 Å². The van der Waals surface area contributed by atoms with Gasteiger partial charge in [0.05, 0.1) is 11.1 Å². The van der Waals surface area contributed by atoms with Gasteiger partial charge in [0.1, 0.15) is 10.6 Å². The van der Waals surface area contributed by atoms with Gasteiger partial charge < -0.3 is 15.4 Å². The first-order valence-corrected chi connectivity index (χ1v) is 12.1. The molecule has 0 saturated heterocycles. The van der Waals surface area contributed by atoms with Crippen molar-refractivity contribution < 1.29 is 27.3 Å². The van der Waals surface area contributed by atoms with Crippen LogP contribution in [0.4, 0.5) is 11.4 Å². The number of carbonyl (C=O) groups is 2. The molecule has 0 fully saturated rings. The van der Waals surface area contributed by atoms with Crippen LogP contribution in [0.15, 0.2) is 59.5 Å². The van der Waals surface area contributed by atoms with E-state index in [0.717, 1.165) is 0 Å². The van der Waals surface area contributed by atoms with E-state index in [2.05, 4.69) is 10.6 Å². The number of carbonyl (C=O) groups excluding carboxylic acids is 2. The van der Waals surface area contributed by atoms with Crippen molar-refractivity contribution in [2.24, 2.45) is 0 Å². The summed E-state index contributed by atoms with van der Waals surface area (Å²) >= 11 is 0. The molecule has 34 heavy (non-hydrogen) atoms. The molecular weight excluding hydrogens is 456 g/mol. The van der Waals surface area contributed by atoms with Crippen LogP contribution in [0.25, 0.3) is 0 Å². The van der Waals surface area contributed by atoms with Gasteiger partial charge in [0.25, 0.3) is 10.1 Å². The molecule has 1 aliphatic carbocycles. The van der Waals surface area contributed by atoms with Gasteiger partial charge in [-0.15, -0.1) is 0 Å². The molecule has 0 unspecified atom stereocenters. The predicted molar refractivity (Wildman–Crippen MR) is 129 cm³/mol. The summed E-state index contributed by atoms with van der Waals surface area (Å²) in [6.45, 7) is 5.20. The monoisotopic (exact) mass is 480 g/mol. The Morgan fingerprint density at radius 3 is 2.06 bits per heavy atom. The summed E-state index contributed by atoms with van der Waals surface area (Å²) < 4.78 is 38.7. The molecule has 0 spiro atoms. The fourth-order valence-electron chi connectivity index (χ4n) is 4.06. The normalized spacial score (nSPS) is 12.9. The highest BCUT2D eigenvalue weighted by atomic mass is 32.2. The molecule has 0 radical (unpaired) electrons. The van der Waals surface area contributed by atoms with Crippen LogP contribution in [0.3, 0.4) is 0 Å². The third-order valence-corrected chi connectivity index (χ3v) is 6.48. The Hall–Kier alpha value is -3.69. The van der Waals surface area contributed by atoms with Gasteiger partial charge in [-0.1, -0.05) is 36.4 Å². The van der Waals surface area contributed by atoms with Crippen LogP contribution < -0.4 is 15.4 Å². The maximum Gasteiger partial charge on any atom is 0.298 e. The molecule has 0 aliphatic heterocycles. The van der Waals surface area contributed by atoms with Gasteiger partial charge in [0.15, 0.2) is 18.3 Å². The van der Waals surface area contributed by atoms with E-state index in [9.17, 15) is 22.6 Å². The highest BCUT2D eigenvalue weighted by molar-refractivity contribution is 7.86. The summed E-state index contributed by atoms with van der Waals surface area (Å²) in [6, 6.07) is 14.7. The molecule has 3 aromatic rings. The number of fused-ring (bicyclic) bond motifs is 2. The second kappa shape index (κ2) is 8.92. The summed E-state index contributed by atoms with van der Waals surface area (Å²) in [4.78, 5) is 26.4. The number of benzene rings is 3. The topological polar surface area (TPSA) is 122 Å². The van der Waals surface area contributed by atoms with Gasteiger partial charge in [-0.05, 0) is 44.5 Å². The van der Waals surface area contributed by atoms with Crippen LogP contribution in [0, 0.1) is 6.92 Å². The molecule has 0 amide bonds. The van der Waals surface area contributed by atoms with Crippen LogP contribution in [0.2, 0.25) is 0 Å². The number of ether oxygens (including phenoxy) is 1. The molecule has 0 aromatic heterocycles. The minimum Gasteiger partial charge on any atom is -0.472 e. The third-order valence-electron chi connectivity index (χ3n) is 5.44. The second-order valence-electron chi connectivity index (χ2n) is 8.26. The maximum absolute atomic E-state index is 13.4. The zero-order valence-electron chi connectivity index (χ0n) is 18.9. The van der Waals surface area contributed by atoms with Crippen molar-refractivity contribution in [1.29, 1.82) is 0 Å². The minimum absolute atomic E-state index is 0.0327. The van der Waals surface area contributed by atoms with Gasteiger partial charge in [-0.2, -0.15) is 8.42 Å². The Morgan fingerprint density at radius 1 is 0.882 bits per heavy atom. The molecule has 0 heterocycles. The molecule has 176 valence electrons. The lowest BCUT2D eigenvalue weighted by atomic mass is 9.82. The Kier molecular flexibility index (Phi) is 6.16. The summed E-state index contributed by atoms with van der Waals surface area (Å²) in [5.41, 5.74) is 2.42. The van der Waals surface area contributed by atoms with Gasteiger partial charge in [-0.25, -0.2) is 0 Å². The van der Waals surface area contributed by atoms with Crippen molar-refractivity contribution in [2.75, 3.05) is 17.4 Å². The van der Waals surface area contributed by atoms with E-state index in [1.54, 1.807) is 55.5 Å². The first kappa shape index (κ1) is 23.5. The first-order chi connectivity index (χ1) is 16.1. The number of nitrogens with one attached hydrogen (secondary N) is 2. The molecule has 4 rings (SSSR count). The van der Waals surface area contributed by atoms with Crippen molar-refractivity contribution in [2.45, 2.75) is 31.7 Å². The van der Waals surface area contributed by atoms with Crippen LogP contribution in [-0.4, -0.2) is 37.3 Å². The predicted octanol–water partition coefficient (Wildman–Crippen LogP) is 4.29. The van der Waals surface area contributed by atoms with Crippen LogP contribution in [-0.2, 0) is 10.1 Å². The molecule has 1 aliphatic rings. The molecular formula is C25H24N2O6S. The quantitative estimate of drug-likeness (QED) is 0.265. The molecule has 3 N–H and O–H groups in total. The van der Waals surface area contributed by atoms with E-state index in [-0.39, 0.29) is 46.1 Å². The van der Waals surface area contributed by atoms with Crippen LogP contribution >= 0.6 is 0 Å². The van der Waals surface area contributed by atoms with Crippen LogP contribution in [0.1, 0.15) is 51.3 Å². The number of aryl methyl sites for hydroxylation is 1. The standard InChI is InChI=1S/C25H24N2O6S/c1-14(2)27-19-12-11-18(21-22(19)24(29)17-9-5-4-8-16(17)23(21)28)26-13-33-20-10-6-7-15(3)25(20)34(30,31)32/h4-12,14,26-27H,13H2,1-3H3,(H,30,31,32). The largest absolute Gasteiger partial charge is 0.472 e. The Balaban J connectivity index is 1.71. The zero-order chi connectivity index (χ0) is 24.6. The van der Waals surface area contributed by atoms with E-state index >= 15 is 0 Å². The maximum atomic E-state index is 13.4. The highest BCUT2D eigenvalue weighted by Crippen LogP contribution is 2.37. The van der Waals surface area contributed by atoms with E-state index < -0.39 is 10.1 Å². The lowest BCUT2D eigenvalue weighted by molar-refractivity contribution is 0.0980. The number of hydrogen-bond acceptors (Lipinski definition) is 7. The summed E-state index contributed by atoms with van der Waals surface area (Å²) in [6.07, 6.45) is 0. The highest BCUT2D eigenvalue weighted by Gasteiger charge is 2.34. The Bertz CT molecular complexity index is 1410. The number of anilines is 2. The van der Waals surface area contributed by atoms with Gasteiger partial charge in [0, 0.05) is 28.5 Å². The summed E-state index contributed by atoms with van der Waals surface area (Å²) in [5.74, 6) is -0.589. The zero-order valence-corrected chi connectivity index (χ0v) is 19.7. The van der Waals surface area contributed by atoms with Gasteiger partial charge in [0.2, 0.25) is 0 Å². The smallest absolute Gasteiger partial charge is 0.298 e. The van der Waals surface area contributed by atoms with Gasteiger partial charge >= 0.3 is 0 Å². The SMILES string of the molecule is Cc1cccc(OCNc2ccc(NC(C)C)c3c2C(=O)c2ccccc2C3=O)c1S(=O)(=O)O. The number of ketones is 2. The molecule has 9 heteroatoms. The average Bonchev–Trinajstić information content (AvgIpc) is 2.77. The van der Waals surface area contributed by atoms with E-state index in [1.165, 1.54) is 6.07 Å². The molecule has 8 nitrogen and oxygen atoms in total. The van der Waals surface area contributed by atoms with Crippen molar-refractivity contribution >= 4 is 33.1 Å². The minimum atomic E-state index is -4.50. The van der Waals surface area contributed by atoms with Gasteiger partial charge in [-0.3, -0.25) is 14.1 Å². The first-order valence-electron chi connectivity index (χ1n) is 10.7. The fourth-order valence-corrected chi connectivity index (χ4v) is 4.92. The molecule has 0 bridgehead atoms. The second-order valence-corrected chi connectivity index (χ2v) is 9.61. The summed E-state index contributed by atoms with van der Waals surface area (Å²) in [7, 11) is -4.50. The fraction of sp³-hybridized carbons (Fsp3) is 0.200. The molecule has 3 aromatic carbocycles. The van der Waals surface area contributed by atoms with E-state index in [0.29, 0.717) is 28.1 Å². The van der Waals surface area contributed by atoms with Crippen LogP contribution in [0.5, 0.6) is 5.75 Å². The Labute approximate surface area is 197 Å². The molecule has 0 saturated carbocycles. The summed E-state index contributed by atoms with van der Waals surface area (Å²) in [5, 5.41) is 6.21. The van der Waals surface area contributed by atoms with Crippen molar-refractivity contribution in [1.82, 2.24) is 0 Å². The van der Waals surface area contributed by atoms with E-state index in [4.69, 9.17) is 4.74 Å². The lowest BCUT2D eigenvalue weighted by Gasteiger charge is -2.25. The lowest BCUT2D eigenvalue weighted by Crippen LogP contribution is -2.26. The number of rotatable bonds is 7. The van der Waals surface area contributed by atoms with Crippen molar-refractivity contribution in [3.8, 4) is 5.75 Å². The Morgan fingerprint density at radius 2 is 1.47 bits per heavy atom.